The number of para-hydroxylation sites is 1. The molecule has 0 aliphatic rings. The van der Waals surface area contributed by atoms with Gasteiger partial charge in [0.05, 0.1) is 19.4 Å². The SMILES string of the molecule is COC(=O)CCCCCc1ccccc1OCCc1nc(-c2ccccc2)oc1C. The molecule has 0 saturated heterocycles. The summed E-state index contributed by atoms with van der Waals surface area (Å²) in [5, 5.41) is 0. The van der Waals surface area contributed by atoms with Crippen molar-refractivity contribution in [3.63, 3.8) is 0 Å². The molecule has 0 fully saturated rings. The molecule has 5 nitrogen and oxygen atoms in total. The molecule has 2 aromatic carbocycles. The van der Waals surface area contributed by atoms with Gasteiger partial charge in [0.2, 0.25) is 5.89 Å². The predicted molar refractivity (Wildman–Crippen MR) is 117 cm³/mol. The van der Waals surface area contributed by atoms with Gasteiger partial charge >= 0.3 is 5.97 Å². The Morgan fingerprint density at radius 3 is 2.53 bits per heavy atom. The van der Waals surface area contributed by atoms with E-state index in [1.54, 1.807) is 0 Å². The highest BCUT2D eigenvalue weighted by Gasteiger charge is 2.12. The van der Waals surface area contributed by atoms with Gasteiger partial charge in [-0.15, -0.1) is 0 Å². The molecule has 1 aromatic heterocycles. The van der Waals surface area contributed by atoms with Gasteiger partial charge in [-0.1, -0.05) is 42.8 Å². The fourth-order valence-corrected chi connectivity index (χ4v) is 3.34. The zero-order valence-corrected chi connectivity index (χ0v) is 17.7. The van der Waals surface area contributed by atoms with Crippen LogP contribution in [0.25, 0.3) is 11.5 Å². The molecule has 0 amide bonds. The smallest absolute Gasteiger partial charge is 0.305 e. The van der Waals surface area contributed by atoms with Gasteiger partial charge in [0, 0.05) is 18.4 Å². The Bertz CT molecular complexity index is 933. The molecule has 0 saturated carbocycles. The van der Waals surface area contributed by atoms with Crippen LogP contribution in [0.15, 0.2) is 59.0 Å². The van der Waals surface area contributed by atoms with Crippen molar-refractivity contribution in [1.29, 1.82) is 0 Å². The van der Waals surface area contributed by atoms with Crippen LogP contribution in [0.3, 0.4) is 0 Å². The molecule has 0 aliphatic heterocycles. The summed E-state index contributed by atoms with van der Waals surface area (Å²) in [6.07, 6.45) is 4.96. The highest BCUT2D eigenvalue weighted by Crippen LogP contribution is 2.23. The zero-order chi connectivity index (χ0) is 21.2. The zero-order valence-electron chi connectivity index (χ0n) is 17.7. The second-order valence-electron chi connectivity index (χ2n) is 7.23. The molecule has 0 atom stereocenters. The Morgan fingerprint density at radius 1 is 0.967 bits per heavy atom. The lowest BCUT2D eigenvalue weighted by molar-refractivity contribution is -0.140. The van der Waals surface area contributed by atoms with Crippen LogP contribution < -0.4 is 4.74 Å². The van der Waals surface area contributed by atoms with Crippen LogP contribution in [0.5, 0.6) is 5.75 Å². The molecule has 1 heterocycles. The van der Waals surface area contributed by atoms with E-state index in [1.807, 2.05) is 55.5 Å². The van der Waals surface area contributed by atoms with Crippen molar-refractivity contribution in [3.05, 3.63) is 71.6 Å². The minimum atomic E-state index is -0.141. The van der Waals surface area contributed by atoms with E-state index in [4.69, 9.17) is 9.15 Å². The summed E-state index contributed by atoms with van der Waals surface area (Å²) >= 11 is 0. The van der Waals surface area contributed by atoms with Crippen molar-refractivity contribution in [3.8, 4) is 17.2 Å². The number of hydrogen-bond donors (Lipinski definition) is 0. The van der Waals surface area contributed by atoms with Crippen LogP contribution in [0, 0.1) is 6.92 Å². The molecule has 0 aliphatic carbocycles. The van der Waals surface area contributed by atoms with Gasteiger partial charge in [0.15, 0.2) is 0 Å². The standard InChI is InChI=1S/C25H29NO4/c1-19-22(26-25(30-19)21-13-6-3-7-14-21)17-18-29-23-15-10-9-12-20(23)11-5-4-8-16-24(27)28-2/h3,6-7,9-10,12-15H,4-5,8,11,16-18H2,1-2H3. The molecule has 158 valence electrons. The summed E-state index contributed by atoms with van der Waals surface area (Å²) in [6.45, 7) is 2.48. The van der Waals surface area contributed by atoms with E-state index < -0.39 is 0 Å². The minimum absolute atomic E-state index is 0.141. The van der Waals surface area contributed by atoms with Crippen molar-refractivity contribution in [2.75, 3.05) is 13.7 Å². The first-order chi connectivity index (χ1) is 14.7. The lowest BCUT2D eigenvalue weighted by Crippen LogP contribution is -2.05. The van der Waals surface area contributed by atoms with Gasteiger partial charge < -0.3 is 13.9 Å². The molecule has 0 unspecified atom stereocenters. The number of rotatable bonds is 11. The Kier molecular flexibility index (Phi) is 8.07. The highest BCUT2D eigenvalue weighted by molar-refractivity contribution is 5.68. The number of methoxy groups -OCH3 is 1. The number of carbonyl (C=O) groups excluding carboxylic acids is 1. The minimum Gasteiger partial charge on any atom is -0.493 e. The van der Waals surface area contributed by atoms with Gasteiger partial charge in [0.25, 0.3) is 0 Å². The Hall–Kier alpha value is -3.08. The van der Waals surface area contributed by atoms with Crippen LogP contribution >= 0.6 is 0 Å². The molecule has 0 bridgehead atoms. The number of benzene rings is 2. The van der Waals surface area contributed by atoms with Gasteiger partial charge in [-0.05, 0) is 49.9 Å². The van der Waals surface area contributed by atoms with Crippen LogP contribution in [-0.4, -0.2) is 24.7 Å². The average molecular weight is 408 g/mol. The number of unbranched alkanes of at least 4 members (excludes halogenated alkanes) is 2. The molecule has 0 N–H and O–H groups in total. The maximum absolute atomic E-state index is 11.2. The summed E-state index contributed by atoms with van der Waals surface area (Å²) < 4.78 is 16.6. The van der Waals surface area contributed by atoms with E-state index in [-0.39, 0.29) is 5.97 Å². The van der Waals surface area contributed by atoms with E-state index in [0.29, 0.717) is 25.3 Å². The van der Waals surface area contributed by atoms with Crippen LogP contribution in [0.1, 0.15) is 42.7 Å². The fraction of sp³-hybridized carbons (Fsp3) is 0.360. The number of esters is 1. The molecule has 3 rings (SSSR count). The first-order valence-electron chi connectivity index (χ1n) is 10.5. The lowest BCUT2D eigenvalue weighted by Gasteiger charge is -2.11. The van der Waals surface area contributed by atoms with E-state index in [2.05, 4.69) is 15.8 Å². The average Bonchev–Trinajstić information content (AvgIpc) is 3.15. The van der Waals surface area contributed by atoms with E-state index >= 15 is 0 Å². The van der Waals surface area contributed by atoms with Crippen LogP contribution in [0.4, 0.5) is 0 Å². The van der Waals surface area contributed by atoms with E-state index in [0.717, 1.165) is 48.5 Å². The third-order valence-corrected chi connectivity index (χ3v) is 5.04. The molecule has 3 aromatic rings. The quantitative estimate of drug-likeness (QED) is 0.308. The first kappa shape index (κ1) is 21.6. The predicted octanol–water partition coefficient (Wildman–Crippen LogP) is 5.55. The maximum atomic E-state index is 11.2. The molecule has 0 radical (unpaired) electrons. The Labute approximate surface area is 178 Å². The highest BCUT2D eigenvalue weighted by atomic mass is 16.5. The second-order valence-corrected chi connectivity index (χ2v) is 7.23. The maximum Gasteiger partial charge on any atom is 0.305 e. The number of ether oxygens (including phenoxy) is 2. The van der Waals surface area contributed by atoms with E-state index in [9.17, 15) is 4.79 Å². The van der Waals surface area contributed by atoms with Crippen LogP contribution in [-0.2, 0) is 22.4 Å². The molecule has 5 heteroatoms. The largest absolute Gasteiger partial charge is 0.493 e. The van der Waals surface area contributed by atoms with Gasteiger partial charge in [-0.3, -0.25) is 4.79 Å². The molecule has 0 spiro atoms. The third kappa shape index (κ3) is 6.21. The van der Waals surface area contributed by atoms with Gasteiger partial charge in [-0.2, -0.15) is 0 Å². The number of oxazole rings is 1. The fourth-order valence-electron chi connectivity index (χ4n) is 3.34. The monoisotopic (exact) mass is 407 g/mol. The number of aryl methyl sites for hydroxylation is 2. The topological polar surface area (TPSA) is 61.6 Å². The summed E-state index contributed by atoms with van der Waals surface area (Å²) in [6, 6.07) is 18.0. The molecular formula is C25H29NO4. The summed E-state index contributed by atoms with van der Waals surface area (Å²) in [5.74, 6) is 2.25. The molecular weight excluding hydrogens is 378 g/mol. The third-order valence-electron chi connectivity index (χ3n) is 5.04. The van der Waals surface area contributed by atoms with Crippen molar-refractivity contribution < 1.29 is 18.7 Å². The van der Waals surface area contributed by atoms with Crippen molar-refractivity contribution in [2.24, 2.45) is 0 Å². The Balaban J connectivity index is 1.49. The summed E-state index contributed by atoms with van der Waals surface area (Å²) in [4.78, 5) is 15.8. The van der Waals surface area contributed by atoms with E-state index in [1.165, 1.54) is 12.7 Å². The lowest BCUT2D eigenvalue weighted by atomic mass is 10.1. The van der Waals surface area contributed by atoms with Crippen molar-refractivity contribution >= 4 is 5.97 Å². The number of nitrogens with zero attached hydrogens (tertiary/aromatic N) is 1. The Morgan fingerprint density at radius 2 is 1.73 bits per heavy atom. The van der Waals surface area contributed by atoms with Gasteiger partial charge in [0.1, 0.15) is 11.5 Å². The first-order valence-corrected chi connectivity index (χ1v) is 10.5. The van der Waals surface area contributed by atoms with Gasteiger partial charge in [-0.25, -0.2) is 4.98 Å². The van der Waals surface area contributed by atoms with Crippen LogP contribution in [0.2, 0.25) is 0 Å². The van der Waals surface area contributed by atoms with Crippen molar-refractivity contribution in [2.45, 2.75) is 45.4 Å². The molecule has 30 heavy (non-hydrogen) atoms. The summed E-state index contributed by atoms with van der Waals surface area (Å²) in [7, 11) is 1.43. The van der Waals surface area contributed by atoms with Crippen molar-refractivity contribution in [1.82, 2.24) is 4.98 Å². The number of carbonyl (C=O) groups is 1. The number of hydrogen-bond acceptors (Lipinski definition) is 5. The number of aromatic nitrogens is 1. The summed E-state index contributed by atoms with van der Waals surface area (Å²) in [5.41, 5.74) is 3.09. The normalized spacial score (nSPS) is 10.7. The second kappa shape index (κ2) is 11.2.